The normalized spacial score (nSPS) is 13.9. The number of methoxy groups -OCH3 is 1. The van der Waals surface area contributed by atoms with Gasteiger partial charge in [-0.3, -0.25) is 9.59 Å². The van der Waals surface area contributed by atoms with Gasteiger partial charge in [-0.2, -0.15) is 0 Å². The molecule has 2 aromatic carbocycles. The molecule has 1 aliphatic rings. The van der Waals surface area contributed by atoms with Gasteiger partial charge in [-0.25, -0.2) is 0 Å². The van der Waals surface area contributed by atoms with Crippen molar-refractivity contribution in [3.63, 3.8) is 0 Å². The molecule has 2 aromatic rings. The van der Waals surface area contributed by atoms with Crippen molar-refractivity contribution in [1.29, 1.82) is 0 Å². The van der Waals surface area contributed by atoms with Gasteiger partial charge in [-0.05, 0) is 87.1 Å². The average molecular weight is 592 g/mol. The number of hydrogen-bond acceptors (Lipinski definition) is 4. The molecule has 0 bridgehead atoms. The second kappa shape index (κ2) is 9.09. The molecule has 0 atom stereocenters. The van der Waals surface area contributed by atoms with E-state index in [1.54, 1.807) is 12.0 Å². The van der Waals surface area contributed by atoms with E-state index in [4.69, 9.17) is 9.47 Å². The van der Waals surface area contributed by atoms with Gasteiger partial charge in [-0.1, -0.05) is 0 Å². The smallest absolute Gasteiger partial charge is 0.239 e. The third-order valence-corrected chi connectivity index (χ3v) is 5.69. The fourth-order valence-electron chi connectivity index (χ4n) is 2.71. The molecule has 142 valence electrons. The number of halogens is 2. The molecule has 0 radical (unpaired) electrons. The highest BCUT2D eigenvalue weighted by atomic mass is 127. The number of carbonyl (C=O) groups excluding carboxylic acids is 2. The molecule has 0 unspecified atom stereocenters. The van der Waals surface area contributed by atoms with Gasteiger partial charge in [0.25, 0.3) is 0 Å². The van der Waals surface area contributed by atoms with Crippen molar-refractivity contribution in [1.82, 2.24) is 10.2 Å². The Labute approximate surface area is 184 Å². The highest BCUT2D eigenvalue weighted by Gasteiger charge is 2.22. The van der Waals surface area contributed by atoms with Crippen LogP contribution in [0.1, 0.15) is 5.56 Å². The van der Waals surface area contributed by atoms with Gasteiger partial charge < -0.3 is 19.7 Å². The highest BCUT2D eigenvalue weighted by Crippen LogP contribution is 2.33. The lowest BCUT2D eigenvalue weighted by molar-refractivity contribution is -0.137. The maximum Gasteiger partial charge on any atom is 0.239 e. The number of carbonyl (C=O) groups is 2. The zero-order valence-electron chi connectivity index (χ0n) is 14.6. The Bertz CT molecular complexity index is 832. The summed E-state index contributed by atoms with van der Waals surface area (Å²) in [6.07, 6.45) is 0.266. The monoisotopic (exact) mass is 592 g/mol. The number of hydrogen-bond donors (Lipinski definition) is 1. The van der Waals surface area contributed by atoms with Crippen LogP contribution in [0.5, 0.6) is 17.2 Å². The Hall–Kier alpha value is -1.56. The quantitative estimate of drug-likeness (QED) is 0.543. The molecular weight excluding hydrogens is 574 g/mol. The molecule has 0 spiro atoms. The largest absolute Gasteiger partial charge is 0.497 e. The van der Waals surface area contributed by atoms with Gasteiger partial charge in [-0.15, -0.1) is 0 Å². The minimum absolute atomic E-state index is 0.0414. The lowest BCUT2D eigenvalue weighted by atomic mass is 10.1. The number of ether oxygens (including phenoxy) is 2. The van der Waals surface area contributed by atoms with Crippen molar-refractivity contribution in [2.24, 2.45) is 0 Å². The molecule has 1 fully saturated rings. The van der Waals surface area contributed by atoms with Crippen LogP contribution in [-0.4, -0.2) is 43.5 Å². The van der Waals surface area contributed by atoms with Gasteiger partial charge in [0.1, 0.15) is 11.5 Å². The Kier molecular flexibility index (Phi) is 6.79. The summed E-state index contributed by atoms with van der Waals surface area (Å²) >= 11 is 4.43. The molecule has 0 aromatic heterocycles. The van der Waals surface area contributed by atoms with Crippen LogP contribution in [0.4, 0.5) is 0 Å². The van der Waals surface area contributed by atoms with E-state index >= 15 is 0 Å². The molecule has 1 N–H and O–H groups in total. The minimum atomic E-state index is -0.109. The Balaban J connectivity index is 1.72. The first-order valence-corrected chi connectivity index (χ1v) is 10.5. The predicted octanol–water partition coefficient (Wildman–Crippen LogP) is 3.20. The Morgan fingerprint density at radius 1 is 1.15 bits per heavy atom. The second-order valence-electron chi connectivity index (χ2n) is 6.01. The number of benzene rings is 2. The summed E-state index contributed by atoms with van der Waals surface area (Å²) in [7, 11) is 1.62. The van der Waals surface area contributed by atoms with Crippen LogP contribution in [0.3, 0.4) is 0 Å². The summed E-state index contributed by atoms with van der Waals surface area (Å²) in [5.74, 6) is 2.10. The summed E-state index contributed by atoms with van der Waals surface area (Å²) < 4.78 is 13.0. The molecular formula is C19H18I2N2O4. The van der Waals surface area contributed by atoms with E-state index in [1.807, 2.05) is 36.4 Å². The molecule has 3 rings (SSSR count). The predicted molar refractivity (Wildman–Crippen MR) is 118 cm³/mol. The lowest BCUT2D eigenvalue weighted by Crippen LogP contribution is -2.50. The van der Waals surface area contributed by atoms with E-state index in [9.17, 15) is 9.59 Å². The van der Waals surface area contributed by atoms with Crippen LogP contribution in [0, 0.1) is 7.14 Å². The maximum atomic E-state index is 12.5. The van der Waals surface area contributed by atoms with E-state index in [-0.39, 0.29) is 24.8 Å². The molecule has 0 saturated carbocycles. The first kappa shape index (κ1) is 20.2. The average Bonchev–Trinajstić information content (AvgIpc) is 2.65. The highest BCUT2D eigenvalue weighted by molar-refractivity contribution is 14.1. The minimum Gasteiger partial charge on any atom is -0.497 e. The molecule has 8 heteroatoms. The fraction of sp³-hybridized carbons (Fsp3) is 0.263. The second-order valence-corrected chi connectivity index (χ2v) is 8.33. The van der Waals surface area contributed by atoms with Gasteiger partial charge in [0.2, 0.25) is 11.8 Å². The van der Waals surface area contributed by atoms with Crippen molar-refractivity contribution in [3.05, 3.63) is 49.1 Å². The molecule has 1 heterocycles. The van der Waals surface area contributed by atoms with Gasteiger partial charge >= 0.3 is 0 Å². The van der Waals surface area contributed by atoms with Crippen molar-refractivity contribution < 1.29 is 19.1 Å². The summed E-state index contributed by atoms with van der Waals surface area (Å²) in [5.41, 5.74) is 0.905. The van der Waals surface area contributed by atoms with Crippen LogP contribution in [0.25, 0.3) is 0 Å². The van der Waals surface area contributed by atoms with E-state index in [0.717, 1.165) is 30.0 Å². The number of nitrogens with zero attached hydrogens (tertiary/aromatic N) is 1. The van der Waals surface area contributed by atoms with Crippen molar-refractivity contribution >= 4 is 57.0 Å². The number of piperazine rings is 1. The van der Waals surface area contributed by atoms with Crippen LogP contribution >= 0.6 is 45.2 Å². The Morgan fingerprint density at radius 2 is 1.78 bits per heavy atom. The summed E-state index contributed by atoms with van der Waals surface area (Å²) in [5, 5.41) is 2.73. The van der Waals surface area contributed by atoms with Gasteiger partial charge in [0.05, 0.1) is 27.2 Å². The van der Waals surface area contributed by atoms with Gasteiger partial charge in [0, 0.05) is 13.1 Å². The number of nitrogens with one attached hydrogen (secondary N) is 1. The number of amides is 2. The van der Waals surface area contributed by atoms with Crippen LogP contribution in [0.15, 0.2) is 36.4 Å². The van der Waals surface area contributed by atoms with Crippen molar-refractivity contribution in [3.8, 4) is 17.2 Å². The lowest BCUT2D eigenvalue weighted by Gasteiger charge is -2.26. The van der Waals surface area contributed by atoms with Crippen LogP contribution < -0.4 is 14.8 Å². The zero-order chi connectivity index (χ0) is 19.4. The number of rotatable bonds is 5. The van der Waals surface area contributed by atoms with Gasteiger partial charge in [0.15, 0.2) is 5.75 Å². The molecule has 0 aliphatic carbocycles. The van der Waals surface area contributed by atoms with Crippen molar-refractivity contribution in [2.75, 3.05) is 26.7 Å². The maximum absolute atomic E-state index is 12.5. The van der Waals surface area contributed by atoms with Crippen molar-refractivity contribution in [2.45, 2.75) is 6.42 Å². The SMILES string of the molecule is COc1ccc(Oc2c(I)cc(CC(=O)N3CCNC(=O)C3)cc2I)cc1. The Morgan fingerprint density at radius 3 is 2.37 bits per heavy atom. The molecule has 1 saturated heterocycles. The third-order valence-electron chi connectivity index (χ3n) is 4.08. The zero-order valence-corrected chi connectivity index (χ0v) is 18.9. The van der Waals surface area contributed by atoms with Crippen LogP contribution in [0.2, 0.25) is 0 Å². The standard InChI is InChI=1S/C19H18I2N2O4/c1-26-13-2-4-14(5-3-13)27-19-15(20)8-12(9-16(19)21)10-18(25)23-7-6-22-17(24)11-23/h2-5,8-9H,6-7,10-11H2,1H3,(H,22,24). The first-order chi connectivity index (χ1) is 13.0. The van der Waals surface area contributed by atoms with Crippen LogP contribution in [-0.2, 0) is 16.0 Å². The fourth-order valence-corrected chi connectivity index (χ4v) is 4.83. The summed E-state index contributed by atoms with van der Waals surface area (Å²) in [6, 6.07) is 11.3. The molecule has 6 nitrogen and oxygen atoms in total. The van der Waals surface area contributed by atoms with E-state index in [0.29, 0.717) is 13.1 Å². The first-order valence-electron chi connectivity index (χ1n) is 8.30. The van der Waals surface area contributed by atoms with E-state index in [1.165, 1.54) is 0 Å². The van der Waals surface area contributed by atoms with E-state index in [2.05, 4.69) is 50.5 Å². The van der Waals surface area contributed by atoms with E-state index < -0.39 is 0 Å². The topological polar surface area (TPSA) is 67.9 Å². The molecule has 2 amide bonds. The molecule has 1 aliphatic heterocycles. The summed E-state index contributed by atoms with van der Waals surface area (Å²) in [4.78, 5) is 25.5. The summed E-state index contributed by atoms with van der Waals surface area (Å²) in [6.45, 7) is 1.19. The molecule has 27 heavy (non-hydrogen) atoms. The third kappa shape index (κ3) is 5.24.